The zero-order valence-electron chi connectivity index (χ0n) is 21.9. The number of primary amides is 1. The van der Waals surface area contributed by atoms with Crippen molar-refractivity contribution in [1.82, 2.24) is 20.0 Å². The van der Waals surface area contributed by atoms with E-state index in [1.807, 2.05) is 75.4 Å². The van der Waals surface area contributed by atoms with E-state index in [0.717, 1.165) is 22.3 Å². The minimum atomic E-state index is -0.963. The Bertz CT molecular complexity index is 1270. The van der Waals surface area contributed by atoms with Crippen molar-refractivity contribution in [2.24, 2.45) is 11.7 Å². The number of nitrogens with two attached hydrogens (primary N) is 1. The first-order chi connectivity index (χ1) is 18.1. The van der Waals surface area contributed by atoms with Gasteiger partial charge in [0.15, 0.2) is 0 Å². The number of likely N-dealkylation sites (tertiary alicyclic amines) is 1. The highest BCUT2D eigenvalue weighted by molar-refractivity contribution is 5.93. The summed E-state index contributed by atoms with van der Waals surface area (Å²) in [6.45, 7) is 5.74. The average Bonchev–Trinajstić information content (AvgIpc) is 3.49. The number of aliphatic hydroxyl groups is 1. The first kappa shape index (κ1) is 27.1. The fourth-order valence-corrected chi connectivity index (χ4v) is 4.96. The molecule has 1 aliphatic heterocycles. The first-order valence-electron chi connectivity index (χ1n) is 12.9. The van der Waals surface area contributed by atoms with E-state index in [0.29, 0.717) is 0 Å². The van der Waals surface area contributed by atoms with Gasteiger partial charge in [-0.25, -0.2) is 0 Å². The van der Waals surface area contributed by atoms with E-state index in [4.69, 9.17) is 5.73 Å². The number of β-amino-alcohol motifs (C(OH)–C–C–N with tert-alkyl or cyclic N) is 1. The molecule has 4 rings (SSSR count). The van der Waals surface area contributed by atoms with Crippen LogP contribution in [0.5, 0.6) is 0 Å². The molecule has 200 valence electrons. The molecule has 4 atom stereocenters. The van der Waals surface area contributed by atoms with E-state index in [1.165, 1.54) is 4.90 Å². The van der Waals surface area contributed by atoms with Gasteiger partial charge < -0.3 is 21.1 Å². The lowest BCUT2D eigenvalue weighted by Gasteiger charge is -2.30. The van der Waals surface area contributed by atoms with Gasteiger partial charge in [0.05, 0.1) is 12.3 Å². The number of carbonyl (C=O) groups excluding carboxylic acids is 3. The summed E-state index contributed by atoms with van der Waals surface area (Å²) in [7, 11) is 0. The molecule has 0 bridgehead atoms. The van der Waals surface area contributed by atoms with Crippen LogP contribution in [0.3, 0.4) is 0 Å². The predicted molar refractivity (Wildman–Crippen MR) is 144 cm³/mol. The van der Waals surface area contributed by atoms with Gasteiger partial charge in [-0.3, -0.25) is 19.1 Å². The molecule has 1 saturated heterocycles. The molecule has 9 nitrogen and oxygen atoms in total. The SMILES string of the molecule is Cc1cnn([C@H](C(=O)N2C[C@H](O)C[C@H]2C(=O)N[C@H](Cc2ccc(-c3ccccc3)cc2)C(N)=O)C(C)C)c1. The van der Waals surface area contributed by atoms with Gasteiger partial charge in [-0.2, -0.15) is 5.10 Å². The quantitative estimate of drug-likeness (QED) is 0.401. The number of hydrogen-bond acceptors (Lipinski definition) is 5. The summed E-state index contributed by atoms with van der Waals surface area (Å²) in [5.74, 6) is -1.58. The van der Waals surface area contributed by atoms with Gasteiger partial charge in [0, 0.05) is 25.6 Å². The number of aryl methyl sites for hydroxylation is 1. The summed E-state index contributed by atoms with van der Waals surface area (Å²) < 4.78 is 1.60. The molecule has 0 radical (unpaired) electrons. The smallest absolute Gasteiger partial charge is 0.248 e. The molecule has 0 unspecified atom stereocenters. The van der Waals surface area contributed by atoms with Gasteiger partial charge >= 0.3 is 0 Å². The third-order valence-electron chi connectivity index (χ3n) is 6.93. The zero-order chi connectivity index (χ0) is 27.4. The van der Waals surface area contributed by atoms with Crippen molar-refractivity contribution in [3.63, 3.8) is 0 Å². The minimum Gasteiger partial charge on any atom is -0.391 e. The van der Waals surface area contributed by atoms with Crippen molar-refractivity contribution in [3.8, 4) is 11.1 Å². The van der Waals surface area contributed by atoms with Crippen LogP contribution in [0.1, 0.15) is 37.4 Å². The molecule has 2 aromatic carbocycles. The van der Waals surface area contributed by atoms with Crippen LogP contribution in [0.25, 0.3) is 11.1 Å². The lowest BCUT2D eigenvalue weighted by Crippen LogP contribution is -2.54. The monoisotopic (exact) mass is 517 g/mol. The molecule has 1 fully saturated rings. The second-order valence-corrected chi connectivity index (χ2v) is 10.3. The van der Waals surface area contributed by atoms with E-state index in [-0.39, 0.29) is 31.2 Å². The Morgan fingerprint density at radius 1 is 1.08 bits per heavy atom. The minimum absolute atomic E-state index is 0.0303. The molecule has 1 aliphatic rings. The van der Waals surface area contributed by atoms with Crippen molar-refractivity contribution in [1.29, 1.82) is 0 Å². The fraction of sp³-hybridized carbons (Fsp3) is 0.379. The Balaban J connectivity index is 1.47. The number of aliphatic hydroxyl groups excluding tert-OH is 1. The number of nitrogens with one attached hydrogen (secondary N) is 1. The van der Waals surface area contributed by atoms with E-state index >= 15 is 0 Å². The van der Waals surface area contributed by atoms with Crippen molar-refractivity contribution >= 4 is 17.7 Å². The topological polar surface area (TPSA) is 131 Å². The third kappa shape index (κ3) is 6.11. The molecule has 9 heteroatoms. The van der Waals surface area contributed by atoms with Crippen molar-refractivity contribution < 1.29 is 19.5 Å². The number of nitrogens with zero attached hydrogens (tertiary/aromatic N) is 3. The number of carbonyl (C=O) groups is 3. The molecule has 2 heterocycles. The summed E-state index contributed by atoms with van der Waals surface area (Å²) in [5, 5.41) is 17.4. The van der Waals surface area contributed by atoms with E-state index < -0.39 is 36.0 Å². The molecule has 38 heavy (non-hydrogen) atoms. The second-order valence-electron chi connectivity index (χ2n) is 10.3. The summed E-state index contributed by atoms with van der Waals surface area (Å²) in [5.41, 5.74) is 9.51. The van der Waals surface area contributed by atoms with Crippen LogP contribution in [0, 0.1) is 12.8 Å². The predicted octanol–water partition coefficient (Wildman–Crippen LogP) is 2.23. The average molecular weight is 518 g/mol. The van der Waals surface area contributed by atoms with Crippen LogP contribution in [-0.4, -0.2) is 62.2 Å². The lowest BCUT2D eigenvalue weighted by atomic mass is 10.00. The second kappa shape index (κ2) is 11.6. The maximum Gasteiger partial charge on any atom is 0.248 e. The van der Waals surface area contributed by atoms with Gasteiger partial charge in [0.1, 0.15) is 18.1 Å². The maximum absolute atomic E-state index is 13.6. The van der Waals surface area contributed by atoms with E-state index in [9.17, 15) is 19.5 Å². The Labute approximate surface area is 222 Å². The Kier molecular flexibility index (Phi) is 8.26. The number of benzene rings is 2. The summed E-state index contributed by atoms with van der Waals surface area (Å²) in [6.07, 6.45) is 2.91. The molecule has 3 aromatic rings. The summed E-state index contributed by atoms with van der Waals surface area (Å²) in [4.78, 5) is 40.6. The highest BCUT2D eigenvalue weighted by Crippen LogP contribution is 2.27. The van der Waals surface area contributed by atoms with E-state index in [1.54, 1.807) is 17.1 Å². The van der Waals surface area contributed by atoms with Gasteiger partial charge in [0.2, 0.25) is 17.7 Å². The van der Waals surface area contributed by atoms with Crippen molar-refractivity contribution in [3.05, 3.63) is 78.1 Å². The van der Waals surface area contributed by atoms with Crippen LogP contribution >= 0.6 is 0 Å². The highest BCUT2D eigenvalue weighted by atomic mass is 16.3. The van der Waals surface area contributed by atoms with Gasteiger partial charge in [-0.1, -0.05) is 68.4 Å². The van der Waals surface area contributed by atoms with Crippen LogP contribution < -0.4 is 11.1 Å². The molecular formula is C29H35N5O4. The van der Waals surface area contributed by atoms with Crippen molar-refractivity contribution in [2.45, 2.75) is 57.8 Å². The molecular weight excluding hydrogens is 482 g/mol. The fourth-order valence-electron chi connectivity index (χ4n) is 4.96. The molecule has 0 saturated carbocycles. The summed E-state index contributed by atoms with van der Waals surface area (Å²) in [6, 6.07) is 15.1. The molecule has 0 spiro atoms. The zero-order valence-corrected chi connectivity index (χ0v) is 21.9. The Morgan fingerprint density at radius 2 is 1.74 bits per heavy atom. The van der Waals surface area contributed by atoms with Gasteiger partial charge in [0.25, 0.3) is 0 Å². The summed E-state index contributed by atoms with van der Waals surface area (Å²) >= 11 is 0. The van der Waals surface area contributed by atoms with Crippen LogP contribution in [0.15, 0.2) is 67.0 Å². The molecule has 0 aliphatic carbocycles. The maximum atomic E-state index is 13.6. The Hall–Kier alpha value is -3.98. The number of aromatic nitrogens is 2. The normalized spacial score (nSPS) is 18.8. The van der Waals surface area contributed by atoms with E-state index in [2.05, 4.69) is 10.4 Å². The van der Waals surface area contributed by atoms with Gasteiger partial charge in [-0.05, 0) is 35.1 Å². The number of rotatable bonds is 9. The largest absolute Gasteiger partial charge is 0.391 e. The first-order valence-corrected chi connectivity index (χ1v) is 12.9. The molecule has 4 N–H and O–H groups in total. The van der Waals surface area contributed by atoms with Crippen LogP contribution in [0.2, 0.25) is 0 Å². The van der Waals surface area contributed by atoms with Crippen molar-refractivity contribution in [2.75, 3.05) is 6.54 Å². The highest BCUT2D eigenvalue weighted by Gasteiger charge is 2.43. The standard InChI is InChI=1S/C29H35N5O4/c1-18(2)26(34-16-19(3)15-31-34)29(38)33-17-23(35)14-25(33)28(37)32-24(27(30)36)13-20-9-11-22(12-10-20)21-7-5-4-6-8-21/h4-12,15-16,18,23-26,35H,13-14,17H2,1-3H3,(H2,30,36)(H,32,37)/t23-,24-,25+,26+/m1/s1. The van der Waals surface area contributed by atoms with Crippen LogP contribution in [-0.2, 0) is 20.8 Å². The Morgan fingerprint density at radius 3 is 2.32 bits per heavy atom. The molecule has 1 aromatic heterocycles. The molecule has 3 amide bonds. The number of amides is 3. The van der Waals surface area contributed by atoms with Crippen LogP contribution in [0.4, 0.5) is 0 Å². The van der Waals surface area contributed by atoms with Gasteiger partial charge in [-0.15, -0.1) is 0 Å². The number of hydrogen-bond donors (Lipinski definition) is 3. The third-order valence-corrected chi connectivity index (χ3v) is 6.93. The lowest BCUT2D eigenvalue weighted by molar-refractivity contribution is -0.143.